The van der Waals surface area contributed by atoms with Gasteiger partial charge >= 0.3 is 5.97 Å². The summed E-state index contributed by atoms with van der Waals surface area (Å²) in [5.74, 6) is 0.0446. The molecule has 0 atom stereocenters. The summed E-state index contributed by atoms with van der Waals surface area (Å²) in [5.41, 5.74) is 1.65. The Morgan fingerprint density at radius 2 is 1.68 bits per heavy atom. The van der Waals surface area contributed by atoms with E-state index in [1.807, 2.05) is 19.1 Å². The molecule has 2 N–H and O–H groups in total. The zero-order valence-corrected chi connectivity index (χ0v) is 14.9. The van der Waals surface area contributed by atoms with E-state index in [9.17, 15) is 13.2 Å². The van der Waals surface area contributed by atoms with Crippen molar-refractivity contribution in [2.45, 2.75) is 18.4 Å². The summed E-state index contributed by atoms with van der Waals surface area (Å²) in [4.78, 5) is 12.2. The van der Waals surface area contributed by atoms with Crippen molar-refractivity contribution >= 4 is 16.0 Å². The number of hydrogen-bond donors (Lipinski definition) is 1. The predicted octanol–water partition coefficient (Wildman–Crippen LogP) is 2.02. The largest absolute Gasteiger partial charge is 0.496 e. The van der Waals surface area contributed by atoms with Crippen LogP contribution in [-0.4, -0.2) is 28.6 Å². The fraction of sp³-hybridized carbons (Fsp3) is 0.235. The van der Waals surface area contributed by atoms with Crippen molar-refractivity contribution < 1.29 is 27.4 Å². The molecule has 0 heterocycles. The van der Waals surface area contributed by atoms with Crippen molar-refractivity contribution in [2.24, 2.45) is 5.14 Å². The lowest BCUT2D eigenvalue weighted by atomic mass is 10.1. The molecule has 0 amide bonds. The van der Waals surface area contributed by atoms with Crippen LogP contribution in [0.25, 0.3) is 0 Å². The zero-order valence-electron chi connectivity index (χ0n) is 14.1. The van der Waals surface area contributed by atoms with Crippen LogP contribution in [-0.2, 0) is 21.4 Å². The van der Waals surface area contributed by atoms with Crippen molar-refractivity contribution in [1.82, 2.24) is 0 Å². The maximum Gasteiger partial charge on any atom is 0.342 e. The Labute approximate surface area is 146 Å². The lowest BCUT2D eigenvalue weighted by Gasteiger charge is -2.12. The molecule has 134 valence electrons. The molecule has 25 heavy (non-hydrogen) atoms. The fourth-order valence-corrected chi connectivity index (χ4v) is 2.80. The molecule has 0 aliphatic carbocycles. The van der Waals surface area contributed by atoms with E-state index in [0.29, 0.717) is 11.3 Å². The Balaban J connectivity index is 2.28. The number of sulfonamides is 1. The van der Waals surface area contributed by atoms with Crippen molar-refractivity contribution in [2.75, 3.05) is 14.2 Å². The number of ether oxygens (including phenoxy) is 3. The van der Waals surface area contributed by atoms with Crippen LogP contribution in [0.5, 0.6) is 11.5 Å². The van der Waals surface area contributed by atoms with Crippen LogP contribution >= 0.6 is 0 Å². The highest BCUT2D eigenvalue weighted by Gasteiger charge is 2.19. The standard InChI is InChI=1S/C17H19NO6S/c1-11-4-6-15(22-2)12(8-11)10-24-17(19)14-9-13(25(18,20)21)5-7-16(14)23-3/h4-9H,10H2,1-3H3,(H2,18,20,21). The second kappa shape index (κ2) is 7.54. The van der Waals surface area contributed by atoms with E-state index in [-0.39, 0.29) is 22.8 Å². The lowest BCUT2D eigenvalue weighted by molar-refractivity contribution is 0.0466. The Morgan fingerprint density at radius 3 is 2.28 bits per heavy atom. The zero-order chi connectivity index (χ0) is 18.6. The average molecular weight is 365 g/mol. The van der Waals surface area contributed by atoms with Gasteiger partial charge in [-0.2, -0.15) is 0 Å². The van der Waals surface area contributed by atoms with Gasteiger partial charge in [0.2, 0.25) is 10.0 Å². The number of carbonyl (C=O) groups is 1. The van der Waals surface area contributed by atoms with Crippen molar-refractivity contribution in [3.05, 3.63) is 53.1 Å². The number of nitrogens with two attached hydrogens (primary N) is 1. The second-order valence-corrected chi connectivity index (χ2v) is 6.86. The lowest BCUT2D eigenvalue weighted by Crippen LogP contribution is -2.14. The summed E-state index contributed by atoms with van der Waals surface area (Å²) >= 11 is 0. The van der Waals surface area contributed by atoms with Gasteiger partial charge in [0.25, 0.3) is 0 Å². The molecule has 2 rings (SSSR count). The summed E-state index contributed by atoms with van der Waals surface area (Å²) in [6.07, 6.45) is 0. The molecule has 0 aliphatic heterocycles. The number of hydrogen-bond acceptors (Lipinski definition) is 6. The molecule has 0 saturated heterocycles. The molecule has 0 fully saturated rings. The summed E-state index contributed by atoms with van der Waals surface area (Å²) < 4.78 is 38.6. The molecular weight excluding hydrogens is 346 g/mol. The number of primary sulfonamides is 1. The molecule has 0 aromatic heterocycles. The minimum absolute atomic E-state index is 0.0272. The van der Waals surface area contributed by atoms with Gasteiger partial charge in [-0.05, 0) is 37.3 Å². The van der Waals surface area contributed by atoms with Gasteiger partial charge in [0.15, 0.2) is 0 Å². The third-order valence-corrected chi connectivity index (χ3v) is 4.43. The first-order valence-electron chi connectivity index (χ1n) is 7.27. The Kier molecular flexibility index (Phi) is 5.66. The van der Waals surface area contributed by atoms with Crippen LogP contribution in [0.4, 0.5) is 0 Å². The van der Waals surface area contributed by atoms with E-state index in [1.54, 1.807) is 6.07 Å². The van der Waals surface area contributed by atoms with E-state index in [0.717, 1.165) is 11.6 Å². The highest BCUT2D eigenvalue weighted by atomic mass is 32.2. The van der Waals surface area contributed by atoms with Crippen molar-refractivity contribution in [3.63, 3.8) is 0 Å². The number of methoxy groups -OCH3 is 2. The van der Waals surface area contributed by atoms with Gasteiger partial charge in [0, 0.05) is 5.56 Å². The SMILES string of the molecule is COc1ccc(C)cc1COC(=O)c1cc(S(N)(=O)=O)ccc1OC. The van der Waals surface area contributed by atoms with Crippen LogP contribution in [0.3, 0.4) is 0 Å². The van der Waals surface area contributed by atoms with E-state index in [2.05, 4.69) is 0 Å². The first-order valence-corrected chi connectivity index (χ1v) is 8.82. The van der Waals surface area contributed by atoms with E-state index >= 15 is 0 Å². The normalized spacial score (nSPS) is 11.0. The van der Waals surface area contributed by atoms with Gasteiger partial charge in [-0.3, -0.25) is 0 Å². The van der Waals surface area contributed by atoms with Crippen LogP contribution in [0.15, 0.2) is 41.3 Å². The summed E-state index contributed by atoms with van der Waals surface area (Å²) in [5, 5.41) is 5.10. The topological polar surface area (TPSA) is 105 Å². The number of rotatable bonds is 6. The fourth-order valence-electron chi connectivity index (χ4n) is 2.26. The number of aryl methyl sites for hydroxylation is 1. The van der Waals surface area contributed by atoms with E-state index in [4.69, 9.17) is 19.3 Å². The monoisotopic (exact) mass is 365 g/mol. The van der Waals surface area contributed by atoms with Crippen LogP contribution in [0.1, 0.15) is 21.5 Å². The number of esters is 1. The molecule has 2 aromatic carbocycles. The minimum atomic E-state index is -3.95. The van der Waals surface area contributed by atoms with Crippen molar-refractivity contribution in [1.29, 1.82) is 0 Å². The van der Waals surface area contributed by atoms with Gasteiger partial charge in [-0.1, -0.05) is 11.6 Å². The van der Waals surface area contributed by atoms with Crippen LogP contribution in [0, 0.1) is 6.92 Å². The maximum atomic E-state index is 12.4. The van der Waals surface area contributed by atoms with E-state index < -0.39 is 16.0 Å². The van der Waals surface area contributed by atoms with Crippen LogP contribution < -0.4 is 14.6 Å². The molecular formula is C17H19NO6S. The summed E-state index contributed by atoms with van der Waals surface area (Å²) in [6.45, 7) is 1.87. The van der Waals surface area contributed by atoms with Gasteiger partial charge in [0.05, 0.1) is 19.1 Å². The molecule has 8 heteroatoms. The smallest absolute Gasteiger partial charge is 0.342 e. The third kappa shape index (κ3) is 4.49. The predicted molar refractivity (Wildman–Crippen MR) is 91.2 cm³/mol. The van der Waals surface area contributed by atoms with Crippen LogP contribution in [0.2, 0.25) is 0 Å². The van der Waals surface area contributed by atoms with Gasteiger partial charge < -0.3 is 14.2 Å². The van der Waals surface area contributed by atoms with Gasteiger partial charge in [-0.25, -0.2) is 18.4 Å². The molecule has 0 unspecified atom stereocenters. The highest BCUT2D eigenvalue weighted by molar-refractivity contribution is 7.89. The van der Waals surface area contributed by atoms with Crippen molar-refractivity contribution in [3.8, 4) is 11.5 Å². The number of carbonyl (C=O) groups excluding carboxylic acids is 1. The summed E-state index contributed by atoms with van der Waals surface area (Å²) in [7, 11) is -1.06. The first kappa shape index (κ1) is 18.8. The van der Waals surface area contributed by atoms with Gasteiger partial charge in [-0.15, -0.1) is 0 Å². The first-order chi connectivity index (χ1) is 11.8. The molecule has 0 spiro atoms. The molecule has 0 radical (unpaired) electrons. The Bertz CT molecular complexity index is 892. The van der Waals surface area contributed by atoms with Gasteiger partial charge in [0.1, 0.15) is 23.7 Å². The average Bonchev–Trinajstić information content (AvgIpc) is 2.58. The molecule has 0 aliphatic rings. The third-order valence-electron chi connectivity index (χ3n) is 3.51. The molecule has 0 saturated carbocycles. The minimum Gasteiger partial charge on any atom is -0.496 e. The quantitative estimate of drug-likeness (QED) is 0.785. The molecule has 7 nitrogen and oxygen atoms in total. The summed E-state index contributed by atoms with van der Waals surface area (Å²) in [6, 6.07) is 9.23. The molecule has 0 bridgehead atoms. The second-order valence-electron chi connectivity index (χ2n) is 5.30. The Hall–Kier alpha value is -2.58. The number of benzene rings is 2. The highest BCUT2D eigenvalue weighted by Crippen LogP contribution is 2.25. The molecule has 2 aromatic rings. The van der Waals surface area contributed by atoms with E-state index in [1.165, 1.54) is 26.4 Å². The maximum absolute atomic E-state index is 12.4. The Morgan fingerprint density at radius 1 is 1.04 bits per heavy atom.